The van der Waals surface area contributed by atoms with E-state index < -0.39 is 0 Å². The van der Waals surface area contributed by atoms with Gasteiger partial charge < -0.3 is 4.90 Å². The number of hydrogen-bond donors (Lipinski definition) is 0. The number of aryl methyl sites for hydroxylation is 1. The molecule has 2 rings (SSSR count). The van der Waals surface area contributed by atoms with Gasteiger partial charge in [-0.05, 0) is 31.4 Å². The first-order valence-electron chi connectivity index (χ1n) is 6.10. The van der Waals surface area contributed by atoms with Crippen LogP contribution in [0.5, 0.6) is 0 Å². The van der Waals surface area contributed by atoms with Crippen molar-refractivity contribution in [1.29, 1.82) is 0 Å². The third kappa shape index (κ3) is 4.01. The van der Waals surface area contributed by atoms with Gasteiger partial charge in [0.05, 0.1) is 17.2 Å². The molecule has 0 radical (unpaired) electrons. The molecule has 0 fully saturated rings. The molecule has 100 valence electrons. The monoisotopic (exact) mass is 292 g/mol. The normalized spacial score (nSPS) is 11.1. The molecule has 0 N–H and O–H groups in total. The number of likely N-dealkylation sites (N-methyl/N-ethyl adjacent to an activating group) is 1. The van der Waals surface area contributed by atoms with Gasteiger partial charge in [-0.1, -0.05) is 6.07 Å². The maximum Gasteiger partial charge on any atom is 0.246 e. The van der Waals surface area contributed by atoms with Gasteiger partial charge in [0.2, 0.25) is 5.91 Å². The molecule has 0 atom stereocenters. The highest BCUT2D eigenvalue weighted by Crippen LogP contribution is 2.13. The van der Waals surface area contributed by atoms with Gasteiger partial charge >= 0.3 is 0 Å². The van der Waals surface area contributed by atoms with Crippen LogP contribution >= 0.6 is 22.7 Å². The van der Waals surface area contributed by atoms with Crippen molar-refractivity contribution < 1.29 is 4.79 Å². The zero-order valence-corrected chi connectivity index (χ0v) is 12.6. The number of carbonyl (C=O) groups is 1. The summed E-state index contributed by atoms with van der Waals surface area (Å²) in [4.78, 5) is 19.4. The number of hydrogen-bond acceptors (Lipinski definition) is 4. The quantitative estimate of drug-likeness (QED) is 0.789. The summed E-state index contributed by atoms with van der Waals surface area (Å²) in [5, 5.41) is 4.99. The lowest BCUT2D eigenvalue weighted by Gasteiger charge is -2.17. The highest BCUT2D eigenvalue weighted by atomic mass is 32.1. The van der Waals surface area contributed by atoms with Crippen molar-refractivity contribution >= 4 is 34.7 Å². The minimum Gasteiger partial charge on any atom is -0.334 e. The highest BCUT2D eigenvalue weighted by Gasteiger charge is 2.09. The highest BCUT2D eigenvalue weighted by molar-refractivity contribution is 7.10. The third-order valence-corrected chi connectivity index (χ3v) is 4.31. The van der Waals surface area contributed by atoms with Crippen molar-refractivity contribution in [1.82, 2.24) is 9.88 Å². The lowest BCUT2D eigenvalue weighted by Crippen LogP contribution is -2.28. The predicted molar refractivity (Wildman–Crippen MR) is 81.3 cm³/mol. The molecule has 0 aromatic carbocycles. The second kappa shape index (κ2) is 6.63. The van der Waals surface area contributed by atoms with Crippen LogP contribution in [0, 0.1) is 6.92 Å². The van der Waals surface area contributed by atoms with Crippen molar-refractivity contribution in [2.45, 2.75) is 20.4 Å². The maximum absolute atomic E-state index is 12.1. The van der Waals surface area contributed by atoms with Gasteiger partial charge in [0.15, 0.2) is 0 Å². The molecule has 3 nitrogen and oxygen atoms in total. The van der Waals surface area contributed by atoms with Gasteiger partial charge in [0.25, 0.3) is 0 Å². The molecule has 19 heavy (non-hydrogen) atoms. The number of rotatable bonds is 5. The van der Waals surface area contributed by atoms with E-state index in [-0.39, 0.29) is 5.91 Å². The molecule has 5 heteroatoms. The Labute approximate surface area is 121 Å². The van der Waals surface area contributed by atoms with E-state index in [1.165, 1.54) is 4.88 Å². The number of thiazole rings is 1. The van der Waals surface area contributed by atoms with Crippen LogP contribution in [0.2, 0.25) is 0 Å². The number of amides is 1. The molecule has 2 aromatic heterocycles. The van der Waals surface area contributed by atoms with Crippen LogP contribution in [-0.4, -0.2) is 22.3 Å². The molecule has 0 unspecified atom stereocenters. The van der Waals surface area contributed by atoms with Gasteiger partial charge in [-0.25, -0.2) is 4.98 Å². The van der Waals surface area contributed by atoms with E-state index in [9.17, 15) is 4.79 Å². The maximum atomic E-state index is 12.1. The van der Waals surface area contributed by atoms with Crippen molar-refractivity contribution in [3.05, 3.63) is 44.5 Å². The van der Waals surface area contributed by atoms with E-state index in [0.29, 0.717) is 13.1 Å². The minimum absolute atomic E-state index is 0.0292. The van der Waals surface area contributed by atoms with Gasteiger partial charge in [0.1, 0.15) is 0 Å². The van der Waals surface area contributed by atoms with E-state index in [1.54, 1.807) is 34.8 Å². The first-order chi connectivity index (χ1) is 9.19. The topological polar surface area (TPSA) is 33.2 Å². The summed E-state index contributed by atoms with van der Waals surface area (Å²) >= 11 is 3.26. The summed E-state index contributed by atoms with van der Waals surface area (Å²) in [6, 6.07) is 4.06. The van der Waals surface area contributed by atoms with Crippen molar-refractivity contribution in [3.8, 4) is 0 Å². The number of nitrogens with zero attached hydrogens (tertiary/aromatic N) is 2. The average Bonchev–Trinajstić information content (AvgIpc) is 3.04. The van der Waals surface area contributed by atoms with Crippen molar-refractivity contribution in [3.63, 3.8) is 0 Å². The molecule has 0 spiro atoms. The lowest BCUT2D eigenvalue weighted by atomic mass is 10.3. The Hall–Kier alpha value is -1.46. The first-order valence-corrected chi connectivity index (χ1v) is 7.86. The van der Waals surface area contributed by atoms with E-state index in [1.807, 2.05) is 41.6 Å². The standard InChI is InChI=1S/C14H16N2OS2/c1-3-16(9-13-5-4-8-18-13)14(17)7-6-12-10-19-11(2)15-12/h4-8,10H,3,9H2,1-2H3/b7-6+. The summed E-state index contributed by atoms with van der Waals surface area (Å²) in [6.07, 6.45) is 3.38. The van der Waals surface area contributed by atoms with Crippen LogP contribution in [0.15, 0.2) is 29.0 Å². The molecule has 0 aliphatic heterocycles. The molecule has 0 saturated carbocycles. The van der Waals surface area contributed by atoms with Gasteiger partial charge in [-0.15, -0.1) is 22.7 Å². The second-order valence-corrected chi connectivity index (χ2v) is 6.15. The van der Waals surface area contributed by atoms with Crippen LogP contribution < -0.4 is 0 Å². The van der Waals surface area contributed by atoms with E-state index >= 15 is 0 Å². The van der Waals surface area contributed by atoms with Crippen LogP contribution in [0.3, 0.4) is 0 Å². The second-order valence-electron chi connectivity index (χ2n) is 4.06. The van der Waals surface area contributed by atoms with E-state index in [4.69, 9.17) is 0 Å². The van der Waals surface area contributed by atoms with Crippen molar-refractivity contribution in [2.24, 2.45) is 0 Å². The predicted octanol–water partition coefficient (Wildman–Crippen LogP) is 3.57. The third-order valence-electron chi connectivity index (χ3n) is 2.65. The Morgan fingerprint density at radius 2 is 2.32 bits per heavy atom. The molecule has 0 bridgehead atoms. The summed E-state index contributed by atoms with van der Waals surface area (Å²) in [5.41, 5.74) is 0.850. The molecule has 2 aromatic rings. The van der Waals surface area contributed by atoms with Crippen LogP contribution in [0.4, 0.5) is 0 Å². The molecule has 1 amide bonds. The van der Waals surface area contributed by atoms with Crippen LogP contribution in [0.1, 0.15) is 22.5 Å². The average molecular weight is 292 g/mol. The summed E-state index contributed by atoms with van der Waals surface area (Å²) in [6.45, 7) is 5.33. The Morgan fingerprint density at radius 3 is 2.89 bits per heavy atom. The van der Waals surface area contributed by atoms with Crippen LogP contribution in [-0.2, 0) is 11.3 Å². The molecular formula is C14H16N2OS2. The Morgan fingerprint density at radius 1 is 1.47 bits per heavy atom. The minimum atomic E-state index is 0.0292. The summed E-state index contributed by atoms with van der Waals surface area (Å²) in [7, 11) is 0. The van der Waals surface area contributed by atoms with Gasteiger partial charge in [-0.3, -0.25) is 4.79 Å². The molecular weight excluding hydrogens is 276 g/mol. The first kappa shape index (κ1) is 14.0. The number of thiophene rings is 1. The summed E-state index contributed by atoms with van der Waals surface area (Å²) < 4.78 is 0. The van der Waals surface area contributed by atoms with E-state index in [2.05, 4.69) is 4.98 Å². The fourth-order valence-electron chi connectivity index (χ4n) is 1.66. The smallest absolute Gasteiger partial charge is 0.246 e. The van der Waals surface area contributed by atoms with E-state index in [0.717, 1.165) is 10.7 Å². The Balaban J connectivity index is 1.98. The zero-order valence-electron chi connectivity index (χ0n) is 11.0. The molecule has 2 heterocycles. The molecule has 0 aliphatic carbocycles. The molecule has 0 saturated heterocycles. The number of carbonyl (C=O) groups excluding carboxylic acids is 1. The molecule has 0 aliphatic rings. The van der Waals surface area contributed by atoms with Crippen molar-refractivity contribution in [2.75, 3.05) is 6.54 Å². The fourth-order valence-corrected chi connectivity index (χ4v) is 2.96. The Kier molecular flexibility index (Phi) is 4.87. The fraction of sp³-hybridized carbons (Fsp3) is 0.286. The van der Waals surface area contributed by atoms with Crippen LogP contribution in [0.25, 0.3) is 6.08 Å². The number of aromatic nitrogens is 1. The van der Waals surface area contributed by atoms with Gasteiger partial charge in [0, 0.05) is 22.9 Å². The SMILES string of the molecule is CCN(Cc1cccs1)C(=O)/C=C/c1csc(C)n1. The largest absolute Gasteiger partial charge is 0.334 e. The zero-order chi connectivity index (χ0) is 13.7. The Bertz CT molecular complexity index is 558. The van der Waals surface area contributed by atoms with Gasteiger partial charge in [-0.2, -0.15) is 0 Å². The summed E-state index contributed by atoms with van der Waals surface area (Å²) in [5.74, 6) is 0.0292. The lowest BCUT2D eigenvalue weighted by molar-refractivity contribution is -0.126.